The van der Waals surface area contributed by atoms with E-state index in [4.69, 9.17) is 0 Å². The van der Waals surface area contributed by atoms with Crippen molar-refractivity contribution in [3.63, 3.8) is 0 Å². The van der Waals surface area contributed by atoms with E-state index in [-0.39, 0.29) is 17.5 Å². The molecule has 0 fully saturated rings. The lowest BCUT2D eigenvalue weighted by atomic mass is 10.1. The molecule has 0 aliphatic rings. The Kier molecular flexibility index (Phi) is 4.58. The average Bonchev–Trinajstić information content (AvgIpc) is 2.44. The maximum atomic E-state index is 9.51. The molecule has 4 nitrogen and oxygen atoms in total. The van der Waals surface area contributed by atoms with E-state index in [2.05, 4.69) is 23.3 Å². The topological polar surface area (TPSA) is 65.4 Å². The largest absolute Gasteiger partial charge is 0.508 e. The maximum absolute atomic E-state index is 9.51. The minimum absolute atomic E-state index is 0.0136. The molecule has 2 rings (SSSR count). The summed E-state index contributed by atoms with van der Waals surface area (Å²) in [5, 5.41) is 22.4. The Balaban J connectivity index is 2.06. The van der Waals surface area contributed by atoms with E-state index in [0.29, 0.717) is 6.54 Å². The van der Waals surface area contributed by atoms with E-state index in [9.17, 15) is 10.2 Å². The number of hydrogen-bond donors (Lipinski definition) is 3. The molecule has 1 atom stereocenters. The van der Waals surface area contributed by atoms with Gasteiger partial charge >= 0.3 is 0 Å². The number of phenols is 2. The fourth-order valence-electron chi connectivity index (χ4n) is 2.19. The van der Waals surface area contributed by atoms with Crippen molar-refractivity contribution >= 4 is 0 Å². The van der Waals surface area contributed by atoms with E-state index in [1.54, 1.807) is 18.3 Å². The van der Waals surface area contributed by atoms with Crippen LogP contribution in [0.3, 0.4) is 0 Å². The Hall–Kier alpha value is -2.07. The van der Waals surface area contributed by atoms with Crippen LogP contribution in [0.1, 0.15) is 36.7 Å². The Morgan fingerprint density at radius 2 is 1.90 bits per heavy atom. The van der Waals surface area contributed by atoms with Crippen LogP contribution in [0.5, 0.6) is 11.5 Å². The molecular formula is C16H20N2O2. The van der Waals surface area contributed by atoms with Gasteiger partial charge in [-0.2, -0.15) is 0 Å². The molecule has 1 heterocycles. The Morgan fingerprint density at radius 3 is 2.55 bits per heavy atom. The van der Waals surface area contributed by atoms with Crippen LogP contribution in [-0.2, 0) is 13.0 Å². The maximum Gasteiger partial charge on any atom is 0.119 e. The minimum Gasteiger partial charge on any atom is -0.508 e. The number of pyridine rings is 1. The van der Waals surface area contributed by atoms with Crippen LogP contribution in [0.2, 0.25) is 0 Å². The average molecular weight is 272 g/mol. The Morgan fingerprint density at radius 1 is 1.20 bits per heavy atom. The minimum atomic E-state index is 0.0136. The van der Waals surface area contributed by atoms with E-state index in [1.165, 1.54) is 11.6 Å². The van der Waals surface area contributed by atoms with Gasteiger partial charge in [0.05, 0.1) is 5.69 Å². The monoisotopic (exact) mass is 272 g/mol. The van der Waals surface area contributed by atoms with Crippen LogP contribution in [0, 0.1) is 0 Å². The summed E-state index contributed by atoms with van der Waals surface area (Å²) in [4.78, 5) is 4.39. The van der Waals surface area contributed by atoms with Gasteiger partial charge in [-0.1, -0.05) is 13.0 Å². The van der Waals surface area contributed by atoms with Gasteiger partial charge in [-0.25, -0.2) is 0 Å². The highest BCUT2D eigenvalue weighted by atomic mass is 16.3. The molecule has 0 aliphatic heterocycles. The zero-order chi connectivity index (χ0) is 14.5. The predicted molar refractivity (Wildman–Crippen MR) is 78.6 cm³/mol. The van der Waals surface area contributed by atoms with Gasteiger partial charge in [0.25, 0.3) is 0 Å². The summed E-state index contributed by atoms with van der Waals surface area (Å²) in [5.74, 6) is 0.140. The molecule has 1 aromatic heterocycles. The highest BCUT2D eigenvalue weighted by Crippen LogP contribution is 2.24. The van der Waals surface area contributed by atoms with Crippen LogP contribution in [-0.4, -0.2) is 15.2 Å². The summed E-state index contributed by atoms with van der Waals surface area (Å²) in [6, 6.07) is 8.66. The molecule has 3 N–H and O–H groups in total. The smallest absolute Gasteiger partial charge is 0.119 e. The van der Waals surface area contributed by atoms with Gasteiger partial charge < -0.3 is 15.5 Å². The third-order valence-electron chi connectivity index (χ3n) is 3.37. The second-order valence-electron chi connectivity index (χ2n) is 4.85. The van der Waals surface area contributed by atoms with E-state index in [0.717, 1.165) is 17.7 Å². The highest BCUT2D eigenvalue weighted by molar-refractivity contribution is 5.38. The van der Waals surface area contributed by atoms with Crippen LogP contribution >= 0.6 is 0 Å². The summed E-state index contributed by atoms with van der Waals surface area (Å²) in [7, 11) is 0. The molecule has 2 aromatic rings. The second kappa shape index (κ2) is 6.39. The molecular weight excluding hydrogens is 252 g/mol. The highest BCUT2D eigenvalue weighted by Gasteiger charge is 2.09. The van der Waals surface area contributed by atoms with Crippen molar-refractivity contribution in [2.75, 3.05) is 0 Å². The van der Waals surface area contributed by atoms with Gasteiger partial charge in [0.1, 0.15) is 11.5 Å². The molecule has 1 unspecified atom stereocenters. The van der Waals surface area contributed by atoms with Crippen molar-refractivity contribution < 1.29 is 10.2 Å². The lowest BCUT2D eigenvalue weighted by molar-refractivity contribution is 0.446. The molecule has 106 valence electrons. The first-order chi connectivity index (χ1) is 9.60. The quantitative estimate of drug-likeness (QED) is 0.783. The van der Waals surface area contributed by atoms with Crippen molar-refractivity contribution in [3.8, 4) is 11.5 Å². The molecule has 0 saturated heterocycles. The number of aromatic nitrogens is 1. The first-order valence-electron chi connectivity index (χ1n) is 6.79. The zero-order valence-corrected chi connectivity index (χ0v) is 11.8. The molecule has 0 saturated carbocycles. The fourth-order valence-corrected chi connectivity index (χ4v) is 2.19. The predicted octanol–water partition coefficient (Wildman–Crippen LogP) is 2.91. The lowest BCUT2D eigenvalue weighted by Gasteiger charge is -2.16. The fraction of sp³-hybridized carbons (Fsp3) is 0.312. The molecule has 20 heavy (non-hydrogen) atoms. The van der Waals surface area contributed by atoms with Crippen molar-refractivity contribution in [2.45, 2.75) is 32.9 Å². The van der Waals surface area contributed by atoms with Crippen molar-refractivity contribution in [1.82, 2.24) is 10.3 Å². The number of rotatable bonds is 5. The lowest BCUT2D eigenvalue weighted by Crippen LogP contribution is -2.19. The van der Waals surface area contributed by atoms with Crippen molar-refractivity contribution in [2.24, 2.45) is 0 Å². The first-order valence-corrected chi connectivity index (χ1v) is 6.79. The normalized spacial score (nSPS) is 12.3. The Bertz CT molecular complexity index is 564. The number of phenolic OH excluding ortho intramolecular Hbond substituents is 2. The summed E-state index contributed by atoms with van der Waals surface area (Å²) < 4.78 is 0. The summed E-state index contributed by atoms with van der Waals surface area (Å²) in [6.45, 7) is 4.75. The van der Waals surface area contributed by atoms with Gasteiger partial charge in [0.2, 0.25) is 0 Å². The number of nitrogens with one attached hydrogen (secondary N) is 1. The van der Waals surface area contributed by atoms with Crippen molar-refractivity contribution in [1.29, 1.82) is 0 Å². The summed E-state index contributed by atoms with van der Waals surface area (Å²) in [6.07, 6.45) is 2.74. The van der Waals surface area contributed by atoms with Crippen LogP contribution in [0.4, 0.5) is 0 Å². The zero-order valence-electron chi connectivity index (χ0n) is 11.8. The van der Waals surface area contributed by atoms with Crippen LogP contribution in [0.15, 0.2) is 36.5 Å². The number of aryl methyl sites for hydroxylation is 1. The Labute approximate surface area is 119 Å². The van der Waals surface area contributed by atoms with Crippen LogP contribution in [0.25, 0.3) is 0 Å². The molecule has 0 radical (unpaired) electrons. The van der Waals surface area contributed by atoms with E-state index >= 15 is 0 Å². The molecule has 0 spiro atoms. The SMILES string of the molecule is CCc1cccnc1CNC(C)c1cc(O)cc(O)c1. The van der Waals surface area contributed by atoms with Gasteiger partial charge in [0, 0.05) is 24.8 Å². The number of aromatic hydroxyl groups is 2. The first kappa shape index (κ1) is 14.3. The summed E-state index contributed by atoms with van der Waals surface area (Å²) >= 11 is 0. The van der Waals surface area contributed by atoms with Crippen LogP contribution < -0.4 is 5.32 Å². The standard InChI is InChI=1S/C16H20N2O2/c1-3-12-5-4-6-17-16(12)10-18-11(2)13-7-14(19)9-15(20)8-13/h4-9,11,18-20H,3,10H2,1-2H3. The second-order valence-corrected chi connectivity index (χ2v) is 4.85. The molecule has 4 heteroatoms. The molecule has 0 aliphatic carbocycles. The molecule has 0 bridgehead atoms. The van der Waals surface area contributed by atoms with E-state index < -0.39 is 0 Å². The summed E-state index contributed by atoms with van der Waals surface area (Å²) in [5.41, 5.74) is 3.11. The van der Waals surface area contributed by atoms with Gasteiger partial charge in [-0.05, 0) is 42.7 Å². The van der Waals surface area contributed by atoms with Gasteiger partial charge in [-0.3, -0.25) is 4.98 Å². The van der Waals surface area contributed by atoms with Gasteiger partial charge in [0.15, 0.2) is 0 Å². The van der Waals surface area contributed by atoms with E-state index in [1.807, 2.05) is 13.0 Å². The third kappa shape index (κ3) is 3.48. The molecule has 1 aromatic carbocycles. The van der Waals surface area contributed by atoms with Gasteiger partial charge in [-0.15, -0.1) is 0 Å². The number of nitrogens with zero attached hydrogens (tertiary/aromatic N) is 1. The van der Waals surface area contributed by atoms with Crippen molar-refractivity contribution in [3.05, 3.63) is 53.3 Å². The third-order valence-corrected chi connectivity index (χ3v) is 3.37. The number of hydrogen-bond acceptors (Lipinski definition) is 4. The number of benzene rings is 1. The molecule has 0 amide bonds.